The van der Waals surface area contributed by atoms with E-state index >= 15 is 0 Å². The van der Waals surface area contributed by atoms with Gasteiger partial charge in [0.1, 0.15) is 5.82 Å². The molecule has 0 spiro atoms. The SMILES string of the molecule is Fc1ccc(-c2ccc3cccnn23)cc1. The highest BCUT2D eigenvalue weighted by Gasteiger charge is 2.04. The predicted molar refractivity (Wildman–Crippen MR) is 60.6 cm³/mol. The Morgan fingerprint density at radius 1 is 0.938 bits per heavy atom. The van der Waals surface area contributed by atoms with E-state index in [0.29, 0.717) is 0 Å². The van der Waals surface area contributed by atoms with Crippen LogP contribution in [-0.2, 0) is 0 Å². The molecule has 3 heteroatoms. The second-order valence-corrected chi connectivity index (χ2v) is 3.59. The minimum atomic E-state index is -0.224. The number of aromatic nitrogens is 2. The minimum Gasteiger partial charge on any atom is -0.233 e. The number of nitrogens with zero attached hydrogens (tertiary/aromatic N) is 2. The van der Waals surface area contributed by atoms with E-state index in [9.17, 15) is 4.39 Å². The molecule has 0 amide bonds. The summed E-state index contributed by atoms with van der Waals surface area (Å²) >= 11 is 0. The van der Waals surface area contributed by atoms with Crippen LogP contribution in [0.15, 0.2) is 54.7 Å². The zero-order valence-corrected chi connectivity index (χ0v) is 8.47. The third-order valence-corrected chi connectivity index (χ3v) is 2.56. The lowest BCUT2D eigenvalue weighted by atomic mass is 10.1. The van der Waals surface area contributed by atoms with Gasteiger partial charge in [-0.05, 0) is 48.5 Å². The van der Waals surface area contributed by atoms with Crippen LogP contribution < -0.4 is 0 Å². The van der Waals surface area contributed by atoms with Gasteiger partial charge in [-0.1, -0.05) is 0 Å². The summed E-state index contributed by atoms with van der Waals surface area (Å²) in [4.78, 5) is 0. The average molecular weight is 212 g/mol. The average Bonchev–Trinajstić information content (AvgIpc) is 2.74. The summed E-state index contributed by atoms with van der Waals surface area (Å²) in [6.45, 7) is 0. The Morgan fingerprint density at radius 3 is 2.56 bits per heavy atom. The number of benzene rings is 1. The zero-order chi connectivity index (χ0) is 11.0. The monoisotopic (exact) mass is 212 g/mol. The highest BCUT2D eigenvalue weighted by molar-refractivity contribution is 5.66. The van der Waals surface area contributed by atoms with Gasteiger partial charge in [-0.15, -0.1) is 0 Å². The van der Waals surface area contributed by atoms with Gasteiger partial charge in [-0.2, -0.15) is 5.10 Å². The van der Waals surface area contributed by atoms with Gasteiger partial charge in [0.2, 0.25) is 0 Å². The number of halogens is 1. The van der Waals surface area contributed by atoms with Crippen molar-refractivity contribution in [1.29, 1.82) is 0 Å². The molecule has 2 nitrogen and oxygen atoms in total. The van der Waals surface area contributed by atoms with Crippen LogP contribution in [0.1, 0.15) is 0 Å². The Kier molecular flexibility index (Phi) is 1.96. The lowest BCUT2D eigenvalue weighted by molar-refractivity contribution is 0.628. The first-order chi connectivity index (χ1) is 7.84. The fraction of sp³-hybridized carbons (Fsp3) is 0. The molecule has 3 aromatic rings. The number of hydrogen-bond acceptors (Lipinski definition) is 1. The van der Waals surface area contributed by atoms with E-state index in [1.165, 1.54) is 12.1 Å². The molecule has 16 heavy (non-hydrogen) atoms. The van der Waals surface area contributed by atoms with Crippen molar-refractivity contribution in [2.24, 2.45) is 0 Å². The number of hydrogen-bond donors (Lipinski definition) is 0. The Balaban J connectivity index is 2.22. The molecule has 0 bridgehead atoms. The Hall–Kier alpha value is -2.16. The molecule has 3 rings (SSSR count). The first-order valence-electron chi connectivity index (χ1n) is 5.03. The van der Waals surface area contributed by atoms with E-state index < -0.39 is 0 Å². The van der Waals surface area contributed by atoms with Gasteiger partial charge in [-0.3, -0.25) is 0 Å². The standard InChI is InChI=1S/C13H9FN2/c14-11-5-3-10(4-6-11)13-8-7-12-2-1-9-15-16(12)13/h1-9H. The fourth-order valence-corrected chi connectivity index (χ4v) is 1.79. The highest BCUT2D eigenvalue weighted by Crippen LogP contribution is 2.21. The lowest BCUT2D eigenvalue weighted by Gasteiger charge is -2.01. The molecule has 0 radical (unpaired) electrons. The molecule has 0 aliphatic carbocycles. The van der Waals surface area contributed by atoms with Crippen LogP contribution in [0.5, 0.6) is 0 Å². The molecule has 78 valence electrons. The van der Waals surface area contributed by atoms with Gasteiger partial charge in [-0.25, -0.2) is 8.91 Å². The second kappa shape index (κ2) is 3.45. The van der Waals surface area contributed by atoms with E-state index in [-0.39, 0.29) is 5.82 Å². The second-order valence-electron chi connectivity index (χ2n) is 3.59. The first-order valence-corrected chi connectivity index (χ1v) is 5.03. The number of fused-ring (bicyclic) bond motifs is 1. The molecular formula is C13H9FN2. The molecule has 0 unspecified atom stereocenters. The fourth-order valence-electron chi connectivity index (χ4n) is 1.79. The normalized spacial score (nSPS) is 10.8. The van der Waals surface area contributed by atoms with E-state index in [1.54, 1.807) is 18.3 Å². The van der Waals surface area contributed by atoms with Crippen molar-refractivity contribution in [1.82, 2.24) is 9.61 Å². The van der Waals surface area contributed by atoms with E-state index in [2.05, 4.69) is 5.10 Å². The van der Waals surface area contributed by atoms with E-state index in [4.69, 9.17) is 0 Å². The molecule has 0 aliphatic rings. The molecule has 0 fully saturated rings. The molecule has 2 heterocycles. The van der Waals surface area contributed by atoms with E-state index in [1.807, 2.05) is 28.8 Å². The molecule has 0 saturated heterocycles. The largest absolute Gasteiger partial charge is 0.233 e. The lowest BCUT2D eigenvalue weighted by Crippen LogP contribution is -1.92. The van der Waals surface area contributed by atoms with Gasteiger partial charge >= 0.3 is 0 Å². The topological polar surface area (TPSA) is 17.3 Å². The van der Waals surface area contributed by atoms with Gasteiger partial charge in [0.05, 0.1) is 11.2 Å². The van der Waals surface area contributed by atoms with Gasteiger partial charge in [0.25, 0.3) is 0 Å². The summed E-state index contributed by atoms with van der Waals surface area (Å²) < 4.78 is 14.7. The maximum Gasteiger partial charge on any atom is 0.123 e. The summed E-state index contributed by atoms with van der Waals surface area (Å²) in [5, 5.41) is 4.26. The first kappa shape index (κ1) is 9.09. The predicted octanol–water partition coefficient (Wildman–Crippen LogP) is 3.14. The van der Waals surface area contributed by atoms with Crippen molar-refractivity contribution in [2.75, 3.05) is 0 Å². The molecule has 0 atom stereocenters. The van der Waals surface area contributed by atoms with Crippen LogP contribution in [0.2, 0.25) is 0 Å². The van der Waals surface area contributed by atoms with Crippen LogP contribution >= 0.6 is 0 Å². The van der Waals surface area contributed by atoms with Crippen LogP contribution in [0.4, 0.5) is 4.39 Å². The Labute approximate surface area is 92.0 Å². The van der Waals surface area contributed by atoms with Crippen LogP contribution in [0.3, 0.4) is 0 Å². The van der Waals surface area contributed by atoms with Crippen LogP contribution in [0.25, 0.3) is 16.8 Å². The van der Waals surface area contributed by atoms with E-state index in [0.717, 1.165) is 16.8 Å². The van der Waals surface area contributed by atoms with Crippen molar-refractivity contribution in [3.05, 3.63) is 60.5 Å². The summed E-state index contributed by atoms with van der Waals surface area (Å²) in [6.07, 6.45) is 1.74. The van der Waals surface area contributed by atoms with Gasteiger partial charge < -0.3 is 0 Å². The van der Waals surface area contributed by atoms with Crippen molar-refractivity contribution in [3.63, 3.8) is 0 Å². The maximum absolute atomic E-state index is 12.8. The Morgan fingerprint density at radius 2 is 1.75 bits per heavy atom. The zero-order valence-electron chi connectivity index (χ0n) is 8.47. The third-order valence-electron chi connectivity index (χ3n) is 2.56. The summed E-state index contributed by atoms with van der Waals surface area (Å²) in [6, 6.07) is 14.3. The van der Waals surface area contributed by atoms with Crippen molar-refractivity contribution < 1.29 is 4.39 Å². The van der Waals surface area contributed by atoms with Gasteiger partial charge in [0.15, 0.2) is 0 Å². The Bertz CT molecular complexity index is 626. The number of rotatable bonds is 1. The van der Waals surface area contributed by atoms with Crippen LogP contribution in [0, 0.1) is 5.82 Å². The molecular weight excluding hydrogens is 203 g/mol. The summed E-state index contributed by atoms with van der Waals surface area (Å²) in [5.41, 5.74) is 2.96. The highest BCUT2D eigenvalue weighted by atomic mass is 19.1. The molecule has 0 aliphatic heterocycles. The maximum atomic E-state index is 12.8. The quantitative estimate of drug-likeness (QED) is 0.605. The molecule has 1 aromatic carbocycles. The van der Waals surface area contributed by atoms with Crippen LogP contribution in [-0.4, -0.2) is 9.61 Å². The van der Waals surface area contributed by atoms with Gasteiger partial charge in [0, 0.05) is 11.8 Å². The summed E-state index contributed by atoms with van der Waals surface area (Å²) in [5.74, 6) is -0.224. The van der Waals surface area contributed by atoms with Crippen molar-refractivity contribution in [3.8, 4) is 11.3 Å². The third kappa shape index (κ3) is 1.37. The van der Waals surface area contributed by atoms with Crippen molar-refractivity contribution in [2.45, 2.75) is 0 Å². The smallest absolute Gasteiger partial charge is 0.123 e. The summed E-state index contributed by atoms with van der Waals surface area (Å²) in [7, 11) is 0. The van der Waals surface area contributed by atoms with Crippen molar-refractivity contribution >= 4 is 5.52 Å². The molecule has 0 N–H and O–H groups in total. The molecule has 2 aromatic heterocycles. The minimum absolute atomic E-state index is 0.224. The molecule has 0 saturated carbocycles.